The van der Waals surface area contributed by atoms with Gasteiger partial charge in [0.15, 0.2) is 0 Å². The fraction of sp³-hybridized carbons (Fsp3) is 0.480. The Morgan fingerprint density at radius 3 is 1.91 bits per heavy atom. The summed E-state index contributed by atoms with van der Waals surface area (Å²) in [7, 11) is 0. The Hall–Kier alpha value is -2.60. The van der Waals surface area contributed by atoms with Gasteiger partial charge < -0.3 is 0 Å². The number of halogens is 1. The summed E-state index contributed by atoms with van der Waals surface area (Å²) < 4.78 is 1.79. The number of aromatic nitrogens is 2. The summed E-state index contributed by atoms with van der Waals surface area (Å²) in [5, 5.41) is 5.29. The molecule has 1 heterocycles. The van der Waals surface area contributed by atoms with Crippen LogP contribution in [0.5, 0.6) is 0 Å². The van der Waals surface area contributed by atoms with Crippen LogP contribution in [0.1, 0.15) is 67.0 Å². The van der Waals surface area contributed by atoms with E-state index in [4.69, 9.17) is 11.6 Å². The second kappa shape index (κ2) is 9.10. The topological polar surface area (TPSA) is 86.1 Å². The fourth-order valence-corrected chi connectivity index (χ4v) is 5.51. The van der Waals surface area contributed by atoms with Crippen molar-refractivity contribution < 1.29 is 19.2 Å². The van der Waals surface area contributed by atoms with Gasteiger partial charge in [0, 0.05) is 47.9 Å². The molecule has 0 unspecified atom stereocenters. The summed E-state index contributed by atoms with van der Waals surface area (Å²) in [6.07, 6.45) is 2.25. The van der Waals surface area contributed by atoms with Gasteiger partial charge in [0.05, 0.1) is 24.1 Å². The molecule has 0 spiro atoms. The van der Waals surface area contributed by atoms with Gasteiger partial charge >= 0.3 is 0 Å². The molecule has 2 aromatic rings. The molecular weight excluding hydrogens is 428 g/mol. The van der Waals surface area contributed by atoms with Crippen LogP contribution in [-0.4, -0.2) is 32.9 Å². The highest BCUT2D eigenvalue weighted by atomic mass is 35.5. The van der Waals surface area contributed by atoms with E-state index in [9.17, 15) is 19.2 Å². The number of hydrogen-bond acceptors (Lipinski definition) is 5. The third kappa shape index (κ3) is 4.08. The van der Waals surface area contributed by atoms with Crippen LogP contribution in [0.2, 0.25) is 5.02 Å². The zero-order chi connectivity index (χ0) is 23.0. The molecule has 2 fully saturated rings. The van der Waals surface area contributed by atoms with E-state index in [-0.39, 0.29) is 23.1 Å². The number of hydrogen-bond donors (Lipinski definition) is 0. The molecule has 0 bridgehead atoms. The summed E-state index contributed by atoms with van der Waals surface area (Å²) in [6.45, 7) is 4.10. The van der Waals surface area contributed by atoms with Crippen LogP contribution in [0.15, 0.2) is 24.3 Å². The highest BCUT2D eigenvalue weighted by Gasteiger charge is 2.48. The highest BCUT2D eigenvalue weighted by molar-refractivity contribution is 6.31. The third-order valence-corrected chi connectivity index (χ3v) is 7.22. The van der Waals surface area contributed by atoms with E-state index in [2.05, 4.69) is 5.10 Å². The Kier molecular flexibility index (Phi) is 6.42. The average Bonchev–Trinajstić information content (AvgIpc) is 3.01. The first-order valence-corrected chi connectivity index (χ1v) is 11.6. The van der Waals surface area contributed by atoms with Gasteiger partial charge in [-0.05, 0) is 38.3 Å². The highest BCUT2D eigenvalue weighted by Crippen LogP contribution is 2.43. The lowest BCUT2D eigenvalue weighted by Crippen LogP contribution is -2.43. The molecule has 0 N–H and O–H groups in total. The molecule has 0 aliphatic heterocycles. The number of Topliss-reactive ketones (excluding diaryl/α,β-unsaturated/α-hetero) is 4. The minimum atomic E-state index is -0.963. The number of rotatable bonds is 5. The molecule has 2 aliphatic rings. The summed E-state index contributed by atoms with van der Waals surface area (Å²) >= 11 is 6.34. The standard InChI is InChI=1S/C25H27ClN2O4/c1-14-22(15(2)28(27-14)13-16-7-3-4-8-17(16)26)25(23-18(29)9-5-10-19(23)30)24-20(31)11-6-12-21(24)32/h3-4,7-8,23-25H,5-6,9-13H2,1-2H3. The third-order valence-electron chi connectivity index (χ3n) is 6.85. The van der Waals surface area contributed by atoms with Gasteiger partial charge in [-0.15, -0.1) is 0 Å². The van der Waals surface area contributed by atoms with E-state index in [0.717, 1.165) is 11.3 Å². The smallest absolute Gasteiger partial charge is 0.144 e. The van der Waals surface area contributed by atoms with E-state index in [1.807, 2.05) is 38.1 Å². The Morgan fingerprint density at radius 1 is 0.906 bits per heavy atom. The summed E-state index contributed by atoms with van der Waals surface area (Å²) in [5.74, 6) is -3.39. The molecule has 0 amide bonds. The molecule has 1 aromatic carbocycles. The van der Waals surface area contributed by atoms with Gasteiger partial charge in [-0.3, -0.25) is 23.9 Å². The minimum absolute atomic E-state index is 0.171. The molecule has 2 aliphatic carbocycles. The predicted octanol–water partition coefficient (Wildman–Crippen LogP) is 4.16. The molecule has 32 heavy (non-hydrogen) atoms. The van der Waals surface area contributed by atoms with Crippen molar-refractivity contribution in [2.75, 3.05) is 0 Å². The van der Waals surface area contributed by atoms with Crippen molar-refractivity contribution in [3.63, 3.8) is 0 Å². The lowest BCUT2D eigenvalue weighted by molar-refractivity contribution is -0.141. The molecule has 0 atom stereocenters. The Morgan fingerprint density at radius 2 is 1.41 bits per heavy atom. The van der Waals surface area contributed by atoms with E-state index in [1.165, 1.54) is 0 Å². The maximum absolute atomic E-state index is 13.0. The van der Waals surface area contributed by atoms with Crippen LogP contribution >= 0.6 is 11.6 Å². The van der Waals surface area contributed by atoms with Crippen molar-refractivity contribution in [2.24, 2.45) is 11.8 Å². The molecule has 1 aromatic heterocycles. The van der Waals surface area contributed by atoms with Crippen molar-refractivity contribution >= 4 is 34.7 Å². The number of aryl methyl sites for hydroxylation is 1. The monoisotopic (exact) mass is 454 g/mol. The number of nitrogens with zero attached hydrogens (tertiary/aromatic N) is 2. The van der Waals surface area contributed by atoms with Crippen LogP contribution in [0, 0.1) is 25.7 Å². The lowest BCUT2D eigenvalue weighted by atomic mass is 9.65. The zero-order valence-electron chi connectivity index (χ0n) is 18.4. The normalized spacial score (nSPS) is 18.8. The van der Waals surface area contributed by atoms with Crippen LogP contribution < -0.4 is 0 Å². The second-order valence-electron chi connectivity index (χ2n) is 8.89. The fourth-order valence-electron chi connectivity index (χ4n) is 5.32. The Bertz CT molecular complexity index is 1030. The number of ketones is 4. The van der Waals surface area contributed by atoms with Gasteiger partial charge in [0.2, 0.25) is 0 Å². The zero-order valence-corrected chi connectivity index (χ0v) is 19.2. The number of carbonyl (C=O) groups is 4. The first-order valence-electron chi connectivity index (χ1n) is 11.2. The van der Waals surface area contributed by atoms with Crippen LogP contribution in [0.4, 0.5) is 0 Å². The minimum Gasteiger partial charge on any atom is -0.299 e. The van der Waals surface area contributed by atoms with Gasteiger partial charge in [0.25, 0.3) is 0 Å². The molecule has 0 saturated heterocycles. The molecule has 2 saturated carbocycles. The van der Waals surface area contributed by atoms with E-state index in [1.54, 1.807) is 4.68 Å². The van der Waals surface area contributed by atoms with Crippen LogP contribution in [0.3, 0.4) is 0 Å². The molecule has 0 radical (unpaired) electrons. The average molecular weight is 455 g/mol. The van der Waals surface area contributed by atoms with E-state index in [0.29, 0.717) is 61.3 Å². The van der Waals surface area contributed by atoms with Crippen molar-refractivity contribution in [3.05, 3.63) is 51.8 Å². The van der Waals surface area contributed by atoms with Crippen LogP contribution in [0.25, 0.3) is 0 Å². The Balaban J connectivity index is 1.83. The maximum atomic E-state index is 13.0. The predicted molar refractivity (Wildman–Crippen MR) is 120 cm³/mol. The van der Waals surface area contributed by atoms with Gasteiger partial charge in [-0.1, -0.05) is 29.8 Å². The molecule has 7 heteroatoms. The first kappa shape index (κ1) is 22.6. The number of carbonyl (C=O) groups excluding carboxylic acids is 4. The summed E-state index contributed by atoms with van der Waals surface area (Å²) in [5.41, 5.74) is 2.96. The number of benzene rings is 1. The molecular formula is C25H27ClN2O4. The van der Waals surface area contributed by atoms with Crippen molar-refractivity contribution in [1.82, 2.24) is 9.78 Å². The lowest BCUT2D eigenvalue weighted by Gasteiger charge is -2.34. The second-order valence-corrected chi connectivity index (χ2v) is 9.29. The van der Waals surface area contributed by atoms with Crippen molar-refractivity contribution in [1.29, 1.82) is 0 Å². The quantitative estimate of drug-likeness (QED) is 0.633. The van der Waals surface area contributed by atoms with Gasteiger partial charge in [0.1, 0.15) is 23.1 Å². The summed E-state index contributed by atoms with van der Waals surface area (Å²) in [4.78, 5) is 51.8. The maximum Gasteiger partial charge on any atom is 0.144 e. The van der Waals surface area contributed by atoms with Gasteiger partial charge in [-0.2, -0.15) is 5.10 Å². The van der Waals surface area contributed by atoms with Crippen molar-refractivity contribution in [3.8, 4) is 0 Å². The Labute approximate surface area is 192 Å². The van der Waals surface area contributed by atoms with E-state index < -0.39 is 17.8 Å². The molecule has 6 nitrogen and oxygen atoms in total. The van der Waals surface area contributed by atoms with Crippen LogP contribution in [-0.2, 0) is 25.7 Å². The molecule has 4 rings (SSSR count). The molecule has 168 valence electrons. The SMILES string of the molecule is Cc1nn(Cc2ccccc2Cl)c(C)c1C(C1C(=O)CCCC1=O)C1C(=O)CCCC1=O. The van der Waals surface area contributed by atoms with Gasteiger partial charge in [-0.25, -0.2) is 0 Å². The largest absolute Gasteiger partial charge is 0.299 e. The van der Waals surface area contributed by atoms with E-state index >= 15 is 0 Å². The van der Waals surface area contributed by atoms with Crippen molar-refractivity contribution in [2.45, 2.75) is 64.8 Å². The summed E-state index contributed by atoms with van der Waals surface area (Å²) in [6, 6.07) is 7.48. The first-order chi connectivity index (χ1) is 15.3.